The number of benzene rings is 1. The average molecular weight is 471 g/mol. The average Bonchev–Trinajstić information content (AvgIpc) is 2.85. The molecule has 3 aliphatic carbocycles. The Labute approximate surface area is 206 Å². The molecule has 1 aromatic carbocycles. The van der Waals surface area contributed by atoms with Crippen LogP contribution in [0.5, 0.6) is 5.75 Å². The molecule has 3 aliphatic rings. The minimum atomic E-state index is -0.569. The second-order valence-electron chi connectivity index (χ2n) is 11.2. The number of rotatable bonds is 8. The van der Waals surface area contributed by atoms with E-state index < -0.39 is 11.6 Å². The molecule has 0 spiro atoms. The highest BCUT2D eigenvalue weighted by Crippen LogP contribution is 2.50. The van der Waals surface area contributed by atoms with E-state index in [0.29, 0.717) is 0 Å². The van der Waals surface area contributed by atoms with Gasteiger partial charge in [-0.05, 0) is 131 Å². The molecule has 4 rings (SSSR count). The molecule has 0 bridgehead atoms. The fourth-order valence-electron chi connectivity index (χ4n) is 7.12. The molecule has 1 aromatic rings. The van der Waals surface area contributed by atoms with Crippen molar-refractivity contribution >= 4 is 0 Å². The van der Waals surface area contributed by atoms with Gasteiger partial charge in [0.1, 0.15) is 6.61 Å². The summed E-state index contributed by atoms with van der Waals surface area (Å²) in [6, 6.07) is 3.02. The Bertz CT molecular complexity index is 813. The third-order valence-electron chi connectivity index (χ3n) is 9.05. The normalized spacial score (nSPS) is 32.2. The van der Waals surface area contributed by atoms with Crippen LogP contribution in [-0.2, 0) is 0 Å². The fraction of sp³-hybridized carbons (Fsp3) is 0.677. The van der Waals surface area contributed by atoms with Gasteiger partial charge in [-0.1, -0.05) is 37.6 Å². The first kappa shape index (κ1) is 25.5. The van der Waals surface area contributed by atoms with Crippen molar-refractivity contribution in [1.82, 2.24) is 0 Å². The summed E-state index contributed by atoms with van der Waals surface area (Å²) in [4.78, 5) is 0. The van der Waals surface area contributed by atoms with Gasteiger partial charge in [-0.25, -0.2) is 8.78 Å². The third kappa shape index (κ3) is 6.32. The first-order valence-corrected chi connectivity index (χ1v) is 14.0. The van der Waals surface area contributed by atoms with E-state index in [1.807, 2.05) is 13.0 Å². The lowest BCUT2D eigenvalue weighted by atomic mass is 9.61. The highest BCUT2D eigenvalue weighted by atomic mass is 19.1. The third-order valence-corrected chi connectivity index (χ3v) is 9.05. The van der Waals surface area contributed by atoms with E-state index in [4.69, 9.17) is 4.74 Å². The SMILES string of the molecule is C/C=C/COc1c(F)cc(C2CCC(C3CCC4CC(/C=C/CCC)CCC4C3)CC2)cc1F. The molecule has 0 amide bonds. The van der Waals surface area contributed by atoms with Gasteiger partial charge < -0.3 is 4.74 Å². The molecule has 0 aromatic heterocycles. The van der Waals surface area contributed by atoms with E-state index in [9.17, 15) is 8.78 Å². The molecule has 0 radical (unpaired) electrons. The second kappa shape index (κ2) is 12.4. The summed E-state index contributed by atoms with van der Waals surface area (Å²) in [7, 11) is 0. The predicted molar refractivity (Wildman–Crippen MR) is 137 cm³/mol. The molecule has 4 unspecified atom stereocenters. The number of fused-ring (bicyclic) bond motifs is 1. The van der Waals surface area contributed by atoms with Crippen molar-refractivity contribution in [2.24, 2.45) is 29.6 Å². The maximum atomic E-state index is 14.5. The molecular formula is C31H44F2O. The smallest absolute Gasteiger partial charge is 0.191 e. The van der Waals surface area contributed by atoms with Gasteiger partial charge in [0.05, 0.1) is 0 Å². The first-order valence-electron chi connectivity index (χ1n) is 14.0. The van der Waals surface area contributed by atoms with Gasteiger partial charge in [0.2, 0.25) is 0 Å². The maximum Gasteiger partial charge on any atom is 0.191 e. The molecule has 1 nitrogen and oxygen atoms in total. The van der Waals surface area contributed by atoms with Crippen LogP contribution in [0.2, 0.25) is 0 Å². The van der Waals surface area contributed by atoms with Crippen molar-refractivity contribution in [3.8, 4) is 5.75 Å². The van der Waals surface area contributed by atoms with E-state index >= 15 is 0 Å². The van der Waals surface area contributed by atoms with Gasteiger partial charge in [0.15, 0.2) is 17.4 Å². The van der Waals surface area contributed by atoms with Gasteiger partial charge in [-0.15, -0.1) is 0 Å². The molecule has 3 fully saturated rings. The van der Waals surface area contributed by atoms with Crippen LogP contribution < -0.4 is 4.74 Å². The first-order chi connectivity index (χ1) is 16.6. The Balaban J connectivity index is 1.27. The maximum absolute atomic E-state index is 14.5. The zero-order valence-electron chi connectivity index (χ0n) is 21.3. The van der Waals surface area contributed by atoms with Gasteiger partial charge in [-0.2, -0.15) is 0 Å². The number of ether oxygens (including phenoxy) is 1. The number of halogens is 2. The Morgan fingerprint density at radius 2 is 1.44 bits per heavy atom. The van der Waals surface area contributed by atoms with Crippen molar-refractivity contribution in [3.63, 3.8) is 0 Å². The summed E-state index contributed by atoms with van der Waals surface area (Å²) in [5.74, 6) is 3.25. The van der Waals surface area contributed by atoms with E-state index in [1.54, 1.807) is 6.08 Å². The molecule has 3 saturated carbocycles. The lowest BCUT2D eigenvalue weighted by Gasteiger charge is -2.45. The largest absolute Gasteiger partial charge is 0.483 e. The second-order valence-corrected chi connectivity index (χ2v) is 11.2. The van der Waals surface area contributed by atoms with Crippen molar-refractivity contribution in [3.05, 3.63) is 53.6 Å². The van der Waals surface area contributed by atoms with Crippen molar-refractivity contribution < 1.29 is 13.5 Å². The Morgan fingerprint density at radius 1 is 0.824 bits per heavy atom. The summed E-state index contributed by atoms with van der Waals surface area (Å²) in [6.45, 7) is 4.30. The number of unbranched alkanes of at least 4 members (excludes halogenated alkanes) is 1. The van der Waals surface area contributed by atoms with Gasteiger partial charge in [0, 0.05) is 0 Å². The van der Waals surface area contributed by atoms with Crippen LogP contribution in [0.15, 0.2) is 36.4 Å². The van der Waals surface area contributed by atoms with Gasteiger partial charge in [0.25, 0.3) is 0 Å². The lowest BCUT2D eigenvalue weighted by molar-refractivity contribution is 0.0718. The number of allylic oxidation sites excluding steroid dienone is 3. The Morgan fingerprint density at radius 3 is 2.12 bits per heavy atom. The molecule has 34 heavy (non-hydrogen) atoms. The van der Waals surface area contributed by atoms with Gasteiger partial charge in [-0.3, -0.25) is 0 Å². The fourth-order valence-corrected chi connectivity index (χ4v) is 7.12. The number of hydrogen-bond donors (Lipinski definition) is 0. The van der Waals surface area contributed by atoms with Crippen LogP contribution in [0.3, 0.4) is 0 Å². The molecule has 0 heterocycles. The summed E-state index contributed by atoms with van der Waals surface area (Å²) >= 11 is 0. The van der Waals surface area contributed by atoms with E-state index in [-0.39, 0.29) is 18.3 Å². The molecular weight excluding hydrogens is 426 g/mol. The minimum Gasteiger partial charge on any atom is -0.483 e. The molecule has 4 atom stereocenters. The van der Waals surface area contributed by atoms with Crippen LogP contribution in [0.1, 0.15) is 102 Å². The molecule has 0 saturated heterocycles. The molecule has 0 aliphatic heterocycles. The monoisotopic (exact) mass is 470 g/mol. The van der Waals surface area contributed by atoms with Crippen molar-refractivity contribution in [2.75, 3.05) is 6.61 Å². The lowest BCUT2D eigenvalue weighted by Crippen LogP contribution is -2.34. The van der Waals surface area contributed by atoms with Crippen LogP contribution in [0.4, 0.5) is 8.78 Å². The summed E-state index contributed by atoms with van der Waals surface area (Å²) in [5, 5.41) is 0. The molecule has 188 valence electrons. The Hall–Kier alpha value is -1.64. The van der Waals surface area contributed by atoms with E-state index in [0.717, 1.165) is 48.0 Å². The summed E-state index contributed by atoms with van der Waals surface area (Å²) in [6.07, 6.45) is 23.9. The summed E-state index contributed by atoms with van der Waals surface area (Å²) in [5.41, 5.74) is 0.810. The zero-order valence-corrected chi connectivity index (χ0v) is 21.3. The van der Waals surface area contributed by atoms with Crippen molar-refractivity contribution in [2.45, 2.75) is 96.8 Å². The summed E-state index contributed by atoms with van der Waals surface area (Å²) < 4.78 is 34.4. The van der Waals surface area contributed by atoms with Crippen LogP contribution >= 0.6 is 0 Å². The highest BCUT2D eigenvalue weighted by molar-refractivity contribution is 5.33. The minimum absolute atomic E-state index is 0.189. The molecule has 0 N–H and O–H groups in total. The molecule has 3 heteroatoms. The topological polar surface area (TPSA) is 9.23 Å². The zero-order chi connectivity index (χ0) is 23.9. The van der Waals surface area contributed by atoms with E-state index in [2.05, 4.69) is 19.1 Å². The standard InChI is InChI=1S/C31H44F2O/c1-3-5-7-8-22-9-10-27-19-26(16-15-25(27)18-22)23-11-13-24(14-12-23)28-20-29(32)31(30(33)21-28)34-17-6-4-2/h4,6-8,20-27H,3,5,9-19H2,1-2H3/b6-4+,8-7+. The van der Waals surface area contributed by atoms with Crippen LogP contribution in [0.25, 0.3) is 0 Å². The Kier molecular flexibility index (Phi) is 9.25. The number of hydrogen-bond acceptors (Lipinski definition) is 1. The predicted octanol–water partition coefficient (Wildman–Crippen LogP) is 9.38. The quantitative estimate of drug-likeness (QED) is 0.344. The van der Waals surface area contributed by atoms with Crippen LogP contribution in [-0.4, -0.2) is 6.61 Å². The van der Waals surface area contributed by atoms with Crippen LogP contribution in [0, 0.1) is 41.2 Å². The van der Waals surface area contributed by atoms with E-state index in [1.165, 1.54) is 76.3 Å². The van der Waals surface area contributed by atoms with Gasteiger partial charge >= 0.3 is 0 Å². The highest BCUT2D eigenvalue weighted by Gasteiger charge is 2.38. The van der Waals surface area contributed by atoms with Crippen molar-refractivity contribution in [1.29, 1.82) is 0 Å².